The van der Waals surface area contributed by atoms with Crippen LogP contribution in [0.3, 0.4) is 0 Å². The number of nitrogens with zero attached hydrogens (tertiary/aromatic N) is 1. The molecule has 16 heavy (non-hydrogen) atoms. The van der Waals surface area contributed by atoms with Gasteiger partial charge in [-0.2, -0.15) is 0 Å². The molecule has 0 aliphatic rings. The Kier molecular flexibility index (Phi) is 4.19. The van der Waals surface area contributed by atoms with Crippen molar-refractivity contribution >= 4 is 11.8 Å². The average molecular weight is 221 g/mol. The smallest absolute Gasteiger partial charge is 0.331 e. The van der Waals surface area contributed by atoms with Crippen LogP contribution in [0.4, 0.5) is 0 Å². The topological polar surface area (TPSA) is 46.6 Å². The van der Waals surface area contributed by atoms with E-state index in [9.17, 15) is 9.59 Å². The van der Waals surface area contributed by atoms with Gasteiger partial charge in [0.25, 0.3) is 0 Å². The van der Waals surface area contributed by atoms with Crippen molar-refractivity contribution in [1.82, 2.24) is 4.90 Å². The molecular formula is C12H15NO3. The van der Waals surface area contributed by atoms with Crippen molar-refractivity contribution in [2.45, 2.75) is 6.04 Å². The zero-order chi connectivity index (χ0) is 12.1. The molecular weight excluding hydrogens is 206 g/mol. The summed E-state index contributed by atoms with van der Waals surface area (Å²) < 4.78 is 4.61. The van der Waals surface area contributed by atoms with Gasteiger partial charge in [0.15, 0.2) is 11.8 Å². The Labute approximate surface area is 94.8 Å². The maximum atomic E-state index is 12.0. The van der Waals surface area contributed by atoms with Gasteiger partial charge in [0.1, 0.15) is 0 Å². The molecule has 0 aliphatic carbocycles. The molecule has 0 spiro atoms. The summed E-state index contributed by atoms with van der Waals surface area (Å²) in [4.78, 5) is 25.1. The summed E-state index contributed by atoms with van der Waals surface area (Å²) in [7, 11) is 4.61. The number of carbonyl (C=O) groups is 2. The van der Waals surface area contributed by atoms with E-state index in [0.717, 1.165) is 0 Å². The van der Waals surface area contributed by atoms with Gasteiger partial charge in [0.2, 0.25) is 0 Å². The van der Waals surface area contributed by atoms with Crippen molar-refractivity contribution in [3.8, 4) is 0 Å². The summed E-state index contributed by atoms with van der Waals surface area (Å²) in [5.41, 5.74) is 0.506. The fourth-order valence-corrected chi connectivity index (χ4v) is 1.42. The van der Waals surface area contributed by atoms with Gasteiger partial charge < -0.3 is 4.74 Å². The number of rotatable bonds is 4. The summed E-state index contributed by atoms with van der Waals surface area (Å²) in [5.74, 6) is -0.795. The summed E-state index contributed by atoms with van der Waals surface area (Å²) in [6, 6.07) is 7.82. The van der Waals surface area contributed by atoms with Crippen LogP contribution in [0.15, 0.2) is 30.3 Å². The lowest BCUT2D eigenvalue weighted by Gasteiger charge is -2.20. The minimum atomic E-state index is -0.882. The first-order valence-corrected chi connectivity index (χ1v) is 4.91. The van der Waals surface area contributed by atoms with E-state index in [1.165, 1.54) is 7.11 Å². The fourth-order valence-electron chi connectivity index (χ4n) is 1.42. The van der Waals surface area contributed by atoms with E-state index < -0.39 is 12.0 Å². The zero-order valence-electron chi connectivity index (χ0n) is 9.64. The van der Waals surface area contributed by atoms with Crippen molar-refractivity contribution in [1.29, 1.82) is 0 Å². The number of likely N-dealkylation sites (N-methyl/N-ethyl adjacent to an activating group) is 1. The summed E-state index contributed by atoms with van der Waals surface area (Å²) in [5, 5.41) is 0. The van der Waals surface area contributed by atoms with Crippen LogP contribution in [0.1, 0.15) is 10.4 Å². The molecule has 0 fully saturated rings. The van der Waals surface area contributed by atoms with Gasteiger partial charge in [-0.25, -0.2) is 4.79 Å². The van der Waals surface area contributed by atoms with Gasteiger partial charge in [-0.05, 0) is 14.1 Å². The Balaban J connectivity index is 2.97. The van der Waals surface area contributed by atoms with Crippen molar-refractivity contribution in [3.05, 3.63) is 35.9 Å². The molecule has 0 amide bonds. The Bertz CT molecular complexity index is 373. The number of carbonyl (C=O) groups excluding carboxylic acids is 2. The average Bonchev–Trinajstić information content (AvgIpc) is 2.29. The predicted octanol–water partition coefficient (Wildman–Crippen LogP) is 0.972. The molecule has 0 bridgehead atoms. The number of hydrogen-bond acceptors (Lipinski definition) is 4. The van der Waals surface area contributed by atoms with Crippen LogP contribution in [0.2, 0.25) is 0 Å². The van der Waals surface area contributed by atoms with Gasteiger partial charge in [-0.1, -0.05) is 30.3 Å². The van der Waals surface area contributed by atoms with Crippen LogP contribution in [-0.4, -0.2) is 43.9 Å². The lowest BCUT2D eigenvalue weighted by molar-refractivity contribution is -0.144. The molecule has 0 heterocycles. The molecule has 0 aliphatic heterocycles. The number of benzene rings is 1. The molecule has 1 atom stereocenters. The van der Waals surface area contributed by atoms with Crippen molar-refractivity contribution in [3.63, 3.8) is 0 Å². The van der Waals surface area contributed by atoms with E-state index in [0.29, 0.717) is 5.56 Å². The molecule has 4 heteroatoms. The standard InChI is InChI=1S/C12H15NO3/c1-13(2)10(12(15)16-3)11(14)9-7-5-4-6-8-9/h4-8,10H,1-3H3. The molecule has 1 unspecified atom stereocenters. The normalized spacial score (nSPS) is 12.2. The van der Waals surface area contributed by atoms with Gasteiger partial charge in [0, 0.05) is 5.56 Å². The molecule has 86 valence electrons. The van der Waals surface area contributed by atoms with E-state index in [4.69, 9.17) is 0 Å². The minimum absolute atomic E-state index is 0.252. The number of Topliss-reactive ketones (excluding diaryl/α,β-unsaturated/α-hetero) is 1. The van der Waals surface area contributed by atoms with Gasteiger partial charge in [0.05, 0.1) is 7.11 Å². The number of ketones is 1. The quantitative estimate of drug-likeness (QED) is 0.432. The van der Waals surface area contributed by atoms with E-state index in [1.807, 2.05) is 6.07 Å². The third-order valence-corrected chi connectivity index (χ3v) is 2.25. The van der Waals surface area contributed by atoms with E-state index in [1.54, 1.807) is 43.3 Å². The highest BCUT2D eigenvalue weighted by molar-refractivity contribution is 6.11. The summed E-state index contributed by atoms with van der Waals surface area (Å²) in [6.07, 6.45) is 0. The molecule has 1 rings (SSSR count). The van der Waals surface area contributed by atoms with Gasteiger partial charge >= 0.3 is 5.97 Å². The Morgan fingerprint density at radius 3 is 2.19 bits per heavy atom. The predicted molar refractivity (Wildman–Crippen MR) is 60.3 cm³/mol. The Morgan fingerprint density at radius 1 is 1.19 bits per heavy atom. The Hall–Kier alpha value is -1.68. The van der Waals surface area contributed by atoms with E-state index in [2.05, 4.69) is 4.74 Å². The molecule has 4 nitrogen and oxygen atoms in total. The monoisotopic (exact) mass is 221 g/mol. The lowest BCUT2D eigenvalue weighted by atomic mass is 10.0. The summed E-state index contributed by atoms with van der Waals surface area (Å²) >= 11 is 0. The van der Waals surface area contributed by atoms with Gasteiger partial charge in [-0.3, -0.25) is 9.69 Å². The highest BCUT2D eigenvalue weighted by atomic mass is 16.5. The third-order valence-electron chi connectivity index (χ3n) is 2.25. The molecule has 0 radical (unpaired) electrons. The van der Waals surface area contributed by atoms with Crippen LogP contribution in [0.25, 0.3) is 0 Å². The van der Waals surface area contributed by atoms with E-state index in [-0.39, 0.29) is 5.78 Å². The molecule has 0 saturated carbocycles. The minimum Gasteiger partial charge on any atom is -0.467 e. The third kappa shape index (κ3) is 2.67. The SMILES string of the molecule is COC(=O)C(C(=O)c1ccccc1)N(C)C. The van der Waals surface area contributed by atoms with Crippen LogP contribution >= 0.6 is 0 Å². The number of esters is 1. The second kappa shape index (κ2) is 5.42. The van der Waals surface area contributed by atoms with Crippen molar-refractivity contribution < 1.29 is 14.3 Å². The largest absolute Gasteiger partial charge is 0.467 e. The van der Waals surface area contributed by atoms with Gasteiger partial charge in [-0.15, -0.1) is 0 Å². The maximum Gasteiger partial charge on any atom is 0.331 e. The van der Waals surface area contributed by atoms with Crippen LogP contribution in [0.5, 0.6) is 0 Å². The van der Waals surface area contributed by atoms with Crippen LogP contribution in [-0.2, 0) is 9.53 Å². The highest BCUT2D eigenvalue weighted by Crippen LogP contribution is 2.08. The maximum absolute atomic E-state index is 12.0. The number of ether oxygens (including phenoxy) is 1. The molecule has 0 aromatic heterocycles. The number of methoxy groups -OCH3 is 1. The Morgan fingerprint density at radius 2 is 1.75 bits per heavy atom. The number of hydrogen-bond donors (Lipinski definition) is 0. The first-order chi connectivity index (χ1) is 7.57. The second-order valence-corrected chi connectivity index (χ2v) is 3.62. The van der Waals surface area contributed by atoms with Crippen molar-refractivity contribution in [2.24, 2.45) is 0 Å². The molecule has 0 saturated heterocycles. The molecule has 1 aromatic rings. The fraction of sp³-hybridized carbons (Fsp3) is 0.333. The lowest BCUT2D eigenvalue weighted by Crippen LogP contribution is -2.43. The first-order valence-electron chi connectivity index (χ1n) is 4.91. The summed E-state index contributed by atoms with van der Waals surface area (Å²) in [6.45, 7) is 0. The van der Waals surface area contributed by atoms with Crippen LogP contribution in [0, 0.1) is 0 Å². The first kappa shape index (κ1) is 12.4. The van der Waals surface area contributed by atoms with E-state index >= 15 is 0 Å². The zero-order valence-corrected chi connectivity index (χ0v) is 9.64. The van der Waals surface area contributed by atoms with Crippen LogP contribution < -0.4 is 0 Å². The molecule has 1 aromatic carbocycles. The molecule has 0 N–H and O–H groups in total. The second-order valence-electron chi connectivity index (χ2n) is 3.62. The van der Waals surface area contributed by atoms with Crippen molar-refractivity contribution in [2.75, 3.05) is 21.2 Å². The highest BCUT2D eigenvalue weighted by Gasteiger charge is 2.30.